The van der Waals surface area contributed by atoms with Crippen molar-refractivity contribution in [2.24, 2.45) is 0 Å². The molecule has 2 aromatic carbocycles. The maximum atomic E-state index is 14.2. The largest absolute Gasteiger partial charge is 0.493 e. The van der Waals surface area contributed by atoms with Crippen molar-refractivity contribution >= 4 is 30.2 Å². The summed E-state index contributed by atoms with van der Waals surface area (Å²) in [6.45, 7) is 2.23. The fourth-order valence-electron chi connectivity index (χ4n) is 4.36. The Bertz CT molecular complexity index is 1340. The maximum absolute atomic E-state index is 14.2. The van der Waals surface area contributed by atoms with Gasteiger partial charge >= 0.3 is 7.12 Å². The smallest absolute Gasteiger partial charge is 0.454 e. The van der Waals surface area contributed by atoms with Crippen LogP contribution < -0.4 is 19.5 Å². The number of furan rings is 1. The first-order valence-corrected chi connectivity index (χ1v) is 12.1. The van der Waals surface area contributed by atoms with E-state index in [-0.39, 0.29) is 37.6 Å². The van der Waals surface area contributed by atoms with Crippen LogP contribution in [0.3, 0.4) is 0 Å². The van der Waals surface area contributed by atoms with Gasteiger partial charge in [-0.25, -0.2) is 4.39 Å². The predicted molar refractivity (Wildman–Crippen MR) is 142 cm³/mol. The van der Waals surface area contributed by atoms with Crippen LogP contribution in [-0.4, -0.2) is 43.9 Å². The molecule has 198 valence electrons. The molecule has 1 aromatic heterocycles. The van der Waals surface area contributed by atoms with Gasteiger partial charge in [0.2, 0.25) is 11.7 Å². The number of hydrogen-bond donors (Lipinski definition) is 3. The molecule has 1 aliphatic carbocycles. The second-order valence-electron chi connectivity index (χ2n) is 8.76. The number of carbonyl (C=O) groups excluding carboxylic acids is 1. The molecule has 0 saturated heterocycles. The summed E-state index contributed by atoms with van der Waals surface area (Å²) in [6, 6.07) is 11.6. The van der Waals surface area contributed by atoms with E-state index >= 15 is 0 Å². The summed E-state index contributed by atoms with van der Waals surface area (Å²) in [6.07, 6.45) is 3.57. The number of fused-ring (bicyclic) bond motifs is 1. The van der Waals surface area contributed by atoms with Crippen molar-refractivity contribution in [3.05, 3.63) is 82.6 Å². The molecule has 0 atom stereocenters. The summed E-state index contributed by atoms with van der Waals surface area (Å²) in [5.74, 6) is 1.20. The second kappa shape index (κ2) is 12.0. The Morgan fingerprint density at radius 2 is 1.84 bits per heavy atom. The van der Waals surface area contributed by atoms with Crippen LogP contribution in [0, 0.1) is 5.82 Å². The fourth-order valence-corrected chi connectivity index (χ4v) is 4.36. The van der Waals surface area contributed by atoms with E-state index in [4.69, 9.17) is 28.7 Å². The molecule has 0 radical (unpaired) electrons. The molecule has 38 heavy (non-hydrogen) atoms. The molecule has 3 aromatic rings. The lowest BCUT2D eigenvalue weighted by Crippen LogP contribution is -2.22. The molecule has 10 heteroatoms. The van der Waals surface area contributed by atoms with Crippen molar-refractivity contribution in [1.82, 2.24) is 5.32 Å². The molecule has 0 bridgehead atoms. The number of ether oxygens (including phenoxy) is 3. The third kappa shape index (κ3) is 6.09. The first-order valence-electron chi connectivity index (χ1n) is 12.1. The number of halogens is 1. The molecule has 0 saturated carbocycles. The van der Waals surface area contributed by atoms with Crippen LogP contribution in [0.1, 0.15) is 35.8 Å². The summed E-state index contributed by atoms with van der Waals surface area (Å²) in [5, 5.41) is 21.1. The van der Waals surface area contributed by atoms with Crippen molar-refractivity contribution < 1.29 is 37.9 Å². The Morgan fingerprint density at radius 3 is 2.47 bits per heavy atom. The predicted octanol–water partition coefficient (Wildman–Crippen LogP) is 4.32. The first kappa shape index (κ1) is 27.0. The molecule has 4 rings (SSSR count). The topological polar surface area (TPSA) is 110 Å². The molecule has 3 N–H and O–H groups in total. The minimum absolute atomic E-state index is 0.0211. The number of rotatable bonds is 11. The van der Waals surface area contributed by atoms with Crippen molar-refractivity contribution in [2.75, 3.05) is 20.8 Å². The Morgan fingerprint density at radius 1 is 1.11 bits per heavy atom. The lowest BCUT2D eigenvalue weighted by molar-refractivity contribution is -0.120. The summed E-state index contributed by atoms with van der Waals surface area (Å²) in [7, 11) is 1.51. The average molecular weight is 521 g/mol. The quantitative estimate of drug-likeness (QED) is 0.323. The Hall–Kier alpha value is -4.02. The molecule has 0 fully saturated rings. The number of amides is 1. The molecule has 1 amide bonds. The summed E-state index contributed by atoms with van der Waals surface area (Å²) < 4.78 is 36.2. The highest BCUT2D eigenvalue weighted by Gasteiger charge is 2.26. The number of methoxy groups -OCH3 is 2. The van der Waals surface area contributed by atoms with E-state index in [0.717, 1.165) is 27.8 Å². The van der Waals surface area contributed by atoms with Gasteiger partial charge in [-0.05, 0) is 82.8 Å². The van der Waals surface area contributed by atoms with Crippen LogP contribution in [0.2, 0.25) is 6.32 Å². The zero-order chi connectivity index (χ0) is 27.2. The van der Waals surface area contributed by atoms with Crippen LogP contribution in [0.25, 0.3) is 17.2 Å². The van der Waals surface area contributed by atoms with E-state index in [9.17, 15) is 9.18 Å². The zero-order valence-electron chi connectivity index (χ0n) is 21.4. The number of benzene rings is 2. The van der Waals surface area contributed by atoms with E-state index < -0.39 is 7.12 Å². The lowest BCUT2D eigenvalue weighted by atomic mass is 9.87. The van der Waals surface area contributed by atoms with Crippen molar-refractivity contribution in [1.29, 1.82) is 0 Å². The van der Waals surface area contributed by atoms with Gasteiger partial charge in [-0.2, -0.15) is 0 Å². The van der Waals surface area contributed by atoms with Crippen LogP contribution in [0.4, 0.5) is 4.39 Å². The van der Waals surface area contributed by atoms with Crippen LogP contribution in [-0.2, 0) is 11.3 Å². The fraction of sp³-hybridized carbons (Fsp3) is 0.250. The van der Waals surface area contributed by atoms with Crippen molar-refractivity contribution in [3.63, 3.8) is 0 Å². The van der Waals surface area contributed by atoms with E-state index in [2.05, 4.69) is 5.32 Å². The lowest BCUT2D eigenvalue weighted by Gasteiger charge is -2.16. The summed E-state index contributed by atoms with van der Waals surface area (Å²) in [5.41, 5.74) is 4.66. The highest BCUT2D eigenvalue weighted by molar-refractivity contribution is 6.41. The van der Waals surface area contributed by atoms with E-state index in [1.807, 2.05) is 13.0 Å². The number of nitrogens with one attached hydrogen (secondary N) is 1. The average Bonchev–Trinajstić information content (AvgIpc) is 3.50. The van der Waals surface area contributed by atoms with Crippen LogP contribution in [0.5, 0.6) is 17.2 Å². The van der Waals surface area contributed by atoms with E-state index in [0.29, 0.717) is 28.6 Å². The molecular weight excluding hydrogens is 492 g/mol. The van der Waals surface area contributed by atoms with Gasteiger partial charge in [0.1, 0.15) is 11.6 Å². The Kier molecular flexibility index (Phi) is 8.55. The second-order valence-corrected chi connectivity index (χ2v) is 8.76. The number of hydrogen-bond acceptors (Lipinski definition) is 7. The van der Waals surface area contributed by atoms with E-state index in [1.54, 1.807) is 36.6 Å². The molecule has 8 nitrogen and oxygen atoms in total. The van der Waals surface area contributed by atoms with Crippen molar-refractivity contribution in [3.8, 4) is 17.2 Å². The molecule has 0 spiro atoms. The molecule has 1 aliphatic rings. The standard InChI is InChI=1S/C28H29BFNO7/c1-17-22(11-18-12-25(35-2)28(26(13-18)36-3)38-10-8-29(33)34)21-7-6-19(30)14-24(21)23(17)15-27(32)31-16-20-5-4-9-37-20/h4-7,9,11-14,33-34H,8,10,15-16H2,1-3H3,(H,31,32). The molecular formula is C28H29BFNO7. The van der Waals surface area contributed by atoms with Gasteiger partial charge in [0.05, 0.1) is 40.1 Å². The van der Waals surface area contributed by atoms with Crippen LogP contribution >= 0.6 is 0 Å². The normalized spacial score (nSPS) is 13.5. The minimum atomic E-state index is -1.49. The maximum Gasteiger partial charge on any atom is 0.454 e. The minimum Gasteiger partial charge on any atom is -0.493 e. The number of allylic oxidation sites excluding steroid dienone is 2. The highest BCUT2D eigenvalue weighted by atomic mass is 19.1. The third-order valence-electron chi connectivity index (χ3n) is 6.25. The van der Waals surface area contributed by atoms with Crippen LogP contribution in [0.15, 0.2) is 58.7 Å². The van der Waals surface area contributed by atoms with Gasteiger partial charge in [0, 0.05) is 6.32 Å². The first-order chi connectivity index (χ1) is 18.3. The molecule has 0 aliphatic heterocycles. The SMILES string of the molecule is COc1cc(C=C2C(C)=C(CC(=O)NCc3ccco3)c3cc(F)ccc32)cc(OC)c1OCCB(O)O. The van der Waals surface area contributed by atoms with Crippen molar-refractivity contribution in [2.45, 2.75) is 26.2 Å². The number of carbonyl (C=O) groups is 1. The molecule has 0 unspecified atom stereocenters. The van der Waals surface area contributed by atoms with Gasteiger partial charge in [-0.1, -0.05) is 6.07 Å². The monoisotopic (exact) mass is 521 g/mol. The molecule has 1 heterocycles. The van der Waals surface area contributed by atoms with Gasteiger partial charge in [-0.15, -0.1) is 0 Å². The summed E-state index contributed by atoms with van der Waals surface area (Å²) >= 11 is 0. The Balaban J connectivity index is 1.66. The van der Waals surface area contributed by atoms with Gasteiger partial charge in [-0.3, -0.25) is 4.79 Å². The Labute approximate surface area is 220 Å². The zero-order valence-corrected chi connectivity index (χ0v) is 21.4. The van der Waals surface area contributed by atoms with Gasteiger partial charge in [0.25, 0.3) is 0 Å². The summed E-state index contributed by atoms with van der Waals surface area (Å²) in [4.78, 5) is 12.8. The highest BCUT2D eigenvalue weighted by Crippen LogP contribution is 2.45. The third-order valence-corrected chi connectivity index (χ3v) is 6.25. The van der Waals surface area contributed by atoms with Gasteiger partial charge in [0.15, 0.2) is 11.5 Å². The van der Waals surface area contributed by atoms with Gasteiger partial charge < -0.3 is 34.0 Å². The van der Waals surface area contributed by atoms with E-state index in [1.165, 1.54) is 26.4 Å².